The predicted molar refractivity (Wildman–Crippen MR) is 241 cm³/mol. The van der Waals surface area contributed by atoms with Crippen molar-refractivity contribution >= 4 is 28.4 Å². The number of hydrogen-bond acceptors (Lipinski definition) is 4. The van der Waals surface area contributed by atoms with Crippen molar-refractivity contribution in [1.82, 2.24) is 19.9 Å². The molecule has 2 aromatic carbocycles. The van der Waals surface area contributed by atoms with Crippen LogP contribution < -0.4 is 0 Å². The van der Waals surface area contributed by atoms with Crippen LogP contribution in [-0.2, 0) is 0 Å². The molecule has 0 radical (unpaired) electrons. The molecule has 1 atom stereocenters. The molecule has 58 heavy (non-hydrogen) atoms. The SMILES string of the molecule is C/C=C\C=C1/C=Cc2ccncc2C2=CC(c3cnccc3C)=CC(=C3C=C(c4ccccc4)C(c4cc(-c5cnccc5C)cc(-c5cnccc5C)c4)=CC31)C2. The monoisotopic (exact) mass is 748 g/mol. The first-order chi connectivity index (χ1) is 28.4. The van der Waals surface area contributed by atoms with Crippen molar-refractivity contribution in [1.29, 1.82) is 0 Å². The van der Waals surface area contributed by atoms with Gasteiger partial charge in [-0.25, -0.2) is 0 Å². The van der Waals surface area contributed by atoms with Gasteiger partial charge in [-0.15, -0.1) is 0 Å². The Bertz CT molecular complexity index is 2780. The molecule has 4 aromatic heterocycles. The van der Waals surface area contributed by atoms with Gasteiger partial charge in [0, 0.05) is 77.7 Å². The summed E-state index contributed by atoms with van der Waals surface area (Å²) < 4.78 is 0. The summed E-state index contributed by atoms with van der Waals surface area (Å²) >= 11 is 0. The maximum Gasteiger partial charge on any atom is 0.0349 e. The number of benzene rings is 2. The zero-order chi connectivity index (χ0) is 39.6. The van der Waals surface area contributed by atoms with Crippen molar-refractivity contribution in [2.45, 2.75) is 34.1 Å². The molecular weight excluding hydrogens is 705 g/mol. The molecule has 4 heteroatoms. The van der Waals surface area contributed by atoms with Gasteiger partial charge in [0.05, 0.1) is 0 Å². The van der Waals surface area contributed by atoms with Crippen LogP contribution in [0.4, 0.5) is 0 Å². The van der Waals surface area contributed by atoms with Gasteiger partial charge in [-0.3, -0.25) is 19.9 Å². The number of nitrogens with zero attached hydrogens (tertiary/aromatic N) is 4. The van der Waals surface area contributed by atoms with E-state index >= 15 is 0 Å². The average Bonchev–Trinajstić information content (AvgIpc) is 3.26. The molecule has 1 unspecified atom stereocenters. The average molecular weight is 749 g/mol. The van der Waals surface area contributed by atoms with Gasteiger partial charge in [0.15, 0.2) is 0 Å². The standard InChI is InChI=1S/C54H44N4/c1-5-6-10-39-13-14-40-18-22-58-34-54(40)46-26-42(25-45(28-46)53-33-57-21-17-37(53)4)50-29-47(38-11-8-7-9-12-38)49(30-48(39)50)41-23-43(51-31-55-19-15-35(51)2)27-44(24-41)52-32-56-20-16-36(52)3/h5-25,27-34,48H,26H2,1-4H3/b6-5-,14-13?,39-10+,50-42?. The van der Waals surface area contributed by atoms with Gasteiger partial charge in [0.25, 0.3) is 0 Å². The van der Waals surface area contributed by atoms with E-state index in [1.165, 1.54) is 55.7 Å². The minimum absolute atomic E-state index is 0.0486. The molecule has 4 heterocycles. The second-order valence-corrected chi connectivity index (χ2v) is 15.3. The van der Waals surface area contributed by atoms with Crippen LogP contribution in [0.25, 0.3) is 50.6 Å². The summed E-state index contributed by atoms with van der Waals surface area (Å²) in [6.07, 6.45) is 37.1. The molecule has 280 valence electrons. The van der Waals surface area contributed by atoms with Crippen molar-refractivity contribution in [2.75, 3.05) is 0 Å². The summed E-state index contributed by atoms with van der Waals surface area (Å²) in [4.78, 5) is 18.3. The van der Waals surface area contributed by atoms with E-state index in [-0.39, 0.29) is 5.92 Å². The molecule has 0 amide bonds. The Labute approximate surface area is 341 Å². The molecule has 9 rings (SSSR count). The number of rotatable bonds is 6. The molecule has 0 saturated heterocycles. The van der Waals surface area contributed by atoms with E-state index in [0.717, 1.165) is 56.5 Å². The normalized spacial score (nSPS) is 17.0. The third-order valence-electron chi connectivity index (χ3n) is 11.5. The van der Waals surface area contributed by atoms with Crippen LogP contribution in [0.1, 0.15) is 57.9 Å². The van der Waals surface area contributed by atoms with Crippen molar-refractivity contribution in [3.8, 4) is 22.3 Å². The van der Waals surface area contributed by atoms with E-state index < -0.39 is 0 Å². The van der Waals surface area contributed by atoms with Crippen LogP contribution in [0.15, 0.2) is 188 Å². The Balaban J connectivity index is 1.36. The highest BCUT2D eigenvalue weighted by atomic mass is 14.6. The van der Waals surface area contributed by atoms with Gasteiger partial charge in [-0.2, -0.15) is 0 Å². The van der Waals surface area contributed by atoms with Gasteiger partial charge in [0.1, 0.15) is 0 Å². The number of aromatic nitrogens is 4. The third kappa shape index (κ3) is 7.10. The summed E-state index contributed by atoms with van der Waals surface area (Å²) in [5.41, 5.74) is 22.3. The zero-order valence-corrected chi connectivity index (χ0v) is 33.3. The van der Waals surface area contributed by atoms with Crippen LogP contribution in [-0.4, -0.2) is 19.9 Å². The molecule has 0 fully saturated rings. The lowest BCUT2D eigenvalue weighted by Gasteiger charge is -2.31. The number of pyridine rings is 4. The smallest absolute Gasteiger partial charge is 0.0349 e. The Morgan fingerprint density at radius 2 is 1.17 bits per heavy atom. The summed E-state index contributed by atoms with van der Waals surface area (Å²) in [7, 11) is 0. The number of hydrogen-bond donors (Lipinski definition) is 0. The van der Waals surface area contributed by atoms with Gasteiger partial charge in [0.2, 0.25) is 0 Å². The molecule has 3 aliphatic rings. The highest BCUT2D eigenvalue weighted by Gasteiger charge is 2.29. The lowest BCUT2D eigenvalue weighted by Crippen LogP contribution is -2.14. The molecule has 0 spiro atoms. The maximum atomic E-state index is 4.62. The van der Waals surface area contributed by atoms with Crippen LogP contribution in [0.2, 0.25) is 0 Å². The second kappa shape index (κ2) is 15.8. The number of aryl methyl sites for hydroxylation is 3. The van der Waals surface area contributed by atoms with Crippen LogP contribution in [0.5, 0.6) is 0 Å². The summed E-state index contributed by atoms with van der Waals surface area (Å²) in [6.45, 7) is 8.56. The lowest BCUT2D eigenvalue weighted by atomic mass is 9.73. The van der Waals surface area contributed by atoms with Crippen LogP contribution >= 0.6 is 0 Å². The first-order valence-corrected chi connectivity index (χ1v) is 19.9. The molecule has 0 aliphatic heterocycles. The van der Waals surface area contributed by atoms with Crippen molar-refractivity contribution in [3.05, 3.63) is 232 Å². The first-order valence-electron chi connectivity index (χ1n) is 19.9. The number of fused-ring (bicyclic) bond motifs is 5. The molecule has 3 aliphatic carbocycles. The fourth-order valence-corrected chi connectivity index (χ4v) is 8.45. The maximum absolute atomic E-state index is 4.62. The van der Waals surface area contributed by atoms with Crippen molar-refractivity contribution in [2.24, 2.45) is 5.92 Å². The van der Waals surface area contributed by atoms with Crippen LogP contribution in [0.3, 0.4) is 0 Å². The summed E-state index contributed by atoms with van der Waals surface area (Å²) in [6, 6.07) is 26.2. The number of allylic oxidation sites excluding steroid dienone is 15. The lowest BCUT2D eigenvalue weighted by molar-refractivity contribution is 0.926. The molecule has 6 aromatic rings. The fourth-order valence-electron chi connectivity index (χ4n) is 8.45. The van der Waals surface area contributed by atoms with E-state index in [1.54, 1.807) is 0 Å². The Hall–Kier alpha value is -7.04. The molecule has 0 saturated carbocycles. The Kier molecular flexibility index (Phi) is 9.99. The van der Waals surface area contributed by atoms with Crippen molar-refractivity contribution in [3.63, 3.8) is 0 Å². The van der Waals surface area contributed by atoms with Gasteiger partial charge in [-0.05, 0) is 166 Å². The minimum atomic E-state index is -0.0486. The van der Waals surface area contributed by atoms with Gasteiger partial charge in [-0.1, -0.05) is 78.9 Å². The van der Waals surface area contributed by atoms with Crippen LogP contribution in [0, 0.1) is 26.7 Å². The summed E-state index contributed by atoms with van der Waals surface area (Å²) in [5.74, 6) is -0.0486. The quantitative estimate of drug-likeness (QED) is 0.170. The van der Waals surface area contributed by atoms with Crippen molar-refractivity contribution < 1.29 is 0 Å². The first kappa shape index (κ1) is 36.6. The topological polar surface area (TPSA) is 51.6 Å². The molecule has 2 bridgehead atoms. The van der Waals surface area contributed by atoms with Gasteiger partial charge >= 0.3 is 0 Å². The third-order valence-corrected chi connectivity index (χ3v) is 11.5. The highest BCUT2D eigenvalue weighted by Crippen LogP contribution is 2.48. The van der Waals surface area contributed by atoms with E-state index in [2.05, 4.69) is 175 Å². The minimum Gasteiger partial charge on any atom is -0.264 e. The predicted octanol–water partition coefficient (Wildman–Crippen LogP) is 13.0. The fraction of sp³-hybridized carbons (Fsp3) is 0.111. The molecular formula is C54H44N4. The Morgan fingerprint density at radius 1 is 0.569 bits per heavy atom. The Morgan fingerprint density at radius 3 is 1.81 bits per heavy atom. The van der Waals surface area contributed by atoms with E-state index in [0.29, 0.717) is 0 Å². The van der Waals surface area contributed by atoms with E-state index in [1.807, 2.05) is 49.6 Å². The molecule has 0 N–H and O–H groups in total. The van der Waals surface area contributed by atoms with Gasteiger partial charge < -0.3 is 0 Å². The zero-order valence-electron chi connectivity index (χ0n) is 33.3. The summed E-state index contributed by atoms with van der Waals surface area (Å²) in [5, 5.41) is 0. The largest absolute Gasteiger partial charge is 0.264 e. The second-order valence-electron chi connectivity index (χ2n) is 15.3. The van der Waals surface area contributed by atoms with E-state index in [9.17, 15) is 0 Å². The van der Waals surface area contributed by atoms with E-state index in [4.69, 9.17) is 0 Å². The highest BCUT2D eigenvalue weighted by molar-refractivity contribution is 6.09. The molecule has 4 nitrogen and oxygen atoms in total.